The van der Waals surface area contributed by atoms with Crippen molar-refractivity contribution >= 4 is 34.6 Å². The minimum absolute atomic E-state index is 0.00969. The second kappa shape index (κ2) is 6.24. The van der Waals surface area contributed by atoms with Gasteiger partial charge < -0.3 is 10.1 Å². The summed E-state index contributed by atoms with van der Waals surface area (Å²) in [6.45, 7) is 3.95. The Hall–Kier alpha value is -1.59. The van der Waals surface area contributed by atoms with Gasteiger partial charge in [-0.2, -0.15) is 0 Å². The number of aromatic nitrogens is 1. The van der Waals surface area contributed by atoms with E-state index in [1.807, 2.05) is 19.2 Å². The van der Waals surface area contributed by atoms with Crippen molar-refractivity contribution in [1.82, 2.24) is 4.98 Å². The highest BCUT2D eigenvalue weighted by molar-refractivity contribution is 7.09. The molecular formula is C14H15ClN2O2S. The summed E-state index contributed by atoms with van der Waals surface area (Å²) in [5.41, 5.74) is 2.04. The van der Waals surface area contributed by atoms with Crippen molar-refractivity contribution in [2.45, 2.75) is 19.9 Å². The van der Waals surface area contributed by atoms with E-state index in [0.717, 1.165) is 10.7 Å². The highest BCUT2D eigenvalue weighted by atomic mass is 35.5. The van der Waals surface area contributed by atoms with Crippen LogP contribution in [0.1, 0.15) is 34.0 Å². The van der Waals surface area contributed by atoms with Crippen LogP contribution >= 0.6 is 22.9 Å². The topological polar surface area (TPSA) is 51.2 Å². The maximum Gasteiger partial charge on any atom is 0.340 e. The van der Waals surface area contributed by atoms with E-state index < -0.39 is 5.97 Å². The first-order valence-electron chi connectivity index (χ1n) is 6.07. The number of carbonyl (C=O) groups is 1. The number of carbonyl (C=O) groups excluding carboxylic acids is 1. The summed E-state index contributed by atoms with van der Waals surface area (Å²) < 4.78 is 4.77. The number of halogens is 1. The van der Waals surface area contributed by atoms with Crippen molar-refractivity contribution in [3.63, 3.8) is 0 Å². The minimum Gasteiger partial charge on any atom is -0.465 e. The lowest BCUT2D eigenvalue weighted by atomic mass is 10.1. The fourth-order valence-corrected chi connectivity index (χ4v) is 2.69. The molecular weight excluding hydrogens is 296 g/mol. The molecule has 0 radical (unpaired) electrons. The number of methoxy groups -OCH3 is 1. The lowest BCUT2D eigenvalue weighted by molar-refractivity contribution is 0.0602. The summed E-state index contributed by atoms with van der Waals surface area (Å²) in [6.07, 6.45) is 0. The van der Waals surface area contributed by atoms with Gasteiger partial charge in [0.25, 0.3) is 0 Å². The van der Waals surface area contributed by atoms with Crippen LogP contribution < -0.4 is 5.32 Å². The Morgan fingerprint density at radius 1 is 1.50 bits per heavy atom. The summed E-state index contributed by atoms with van der Waals surface area (Å²) in [5, 5.41) is 6.77. The third kappa shape index (κ3) is 3.29. The van der Waals surface area contributed by atoms with Gasteiger partial charge in [0.1, 0.15) is 0 Å². The Kier molecular flexibility index (Phi) is 4.62. The molecule has 1 heterocycles. The summed E-state index contributed by atoms with van der Waals surface area (Å²) in [4.78, 5) is 16.2. The zero-order chi connectivity index (χ0) is 14.7. The number of anilines is 1. The molecule has 1 atom stereocenters. The summed E-state index contributed by atoms with van der Waals surface area (Å²) in [5.74, 6) is -0.420. The van der Waals surface area contributed by atoms with Gasteiger partial charge in [-0.1, -0.05) is 11.6 Å². The Balaban J connectivity index is 2.26. The lowest BCUT2D eigenvalue weighted by Crippen LogP contribution is -2.12. The molecule has 4 nitrogen and oxygen atoms in total. The first kappa shape index (κ1) is 14.8. The van der Waals surface area contributed by atoms with Gasteiger partial charge in [0, 0.05) is 16.1 Å². The van der Waals surface area contributed by atoms with Crippen molar-refractivity contribution in [2.24, 2.45) is 0 Å². The van der Waals surface area contributed by atoms with Gasteiger partial charge in [-0.05, 0) is 32.0 Å². The lowest BCUT2D eigenvalue weighted by Gasteiger charge is -2.16. The number of thiazole rings is 1. The average Bonchev–Trinajstić information content (AvgIpc) is 2.86. The fraction of sp³-hybridized carbons (Fsp3) is 0.286. The van der Waals surface area contributed by atoms with Gasteiger partial charge in [-0.25, -0.2) is 9.78 Å². The van der Waals surface area contributed by atoms with Crippen LogP contribution in [-0.4, -0.2) is 18.1 Å². The summed E-state index contributed by atoms with van der Waals surface area (Å²) in [6, 6.07) is 5.08. The second-order valence-electron chi connectivity index (χ2n) is 4.34. The first-order valence-corrected chi connectivity index (χ1v) is 7.33. The molecule has 0 saturated carbocycles. The summed E-state index contributed by atoms with van der Waals surface area (Å²) in [7, 11) is 1.35. The van der Waals surface area contributed by atoms with Crippen molar-refractivity contribution in [3.05, 3.63) is 44.9 Å². The van der Waals surface area contributed by atoms with E-state index in [-0.39, 0.29) is 6.04 Å². The maximum absolute atomic E-state index is 11.8. The van der Waals surface area contributed by atoms with E-state index in [4.69, 9.17) is 16.3 Å². The molecule has 6 heteroatoms. The van der Waals surface area contributed by atoms with Crippen LogP contribution in [0, 0.1) is 6.92 Å². The largest absolute Gasteiger partial charge is 0.465 e. The number of hydrogen-bond acceptors (Lipinski definition) is 5. The molecule has 1 unspecified atom stereocenters. The zero-order valence-corrected chi connectivity index (χ0v) is 13.0. The quantitative estimate of drug-likeness (QED) is 0.865. The monoisotopic (exact) mass is 310 g/mol. The van der Waals surface area contributed by atoms with Gasteiger partial charge in [0.05, 0.1) is 29.4 Å². The summed E-state index contributed by atoms with van der Waals surface area (Å²) >= 11 is 7.53. The normalized spacial score (nSPS) is 12.0. The second-order valence-corrected chi connectivity index (χ2v) is 5.84. The third-order valence-electron chi connectivity index (χ3n) is 2.84. The number of ether oxygens (including phenoxy) is 1. The van der Waals surface area contributed by atoms with Crippen molar-refractivity contribution < 1.29 is 9.53 Å². The predicted molar refractivity (Wildman–Crippen MR) is 81.7 cm³/mol. The number of esters is 1. The molecule has 2 rings (SSSR count). The van der Waals surface area contributed by atoms with Gasteiger partial charge >= 0.3 is 5.97 Å². The number of nitrogens with zero attached hydrogens (tertiary/aromatic N) is 1. The molecule has 0 bridgehead atoms. The molecule has 106 valence electrons. The van der Waals surface area contributed by atoms with Crippen molar-refractivity contribution in [1.29, 1.82) is 0 Å². The van der Waals surface area contributed by atoms with E-state index in [1.54, 1.807) is 29.5 Å². The van der Waals surface area contributed by atoms with E-state index in [2.05, 4.69) is 10.3 Å². The molecule has 0 amide bonds. The first-order chi connectivity index (χ1) is 9.51. The van der Waals surface area contributed by atoms with Crippen LogP contribution in [0.4, 0.5) is 5.69 Å². The van der Waals surface area contributed by atoms with Crippen molar-refractivity contribution in [2.75, 3.05) is 12.4 Å². The Morgan fingerprint density at radius 2 is 2.25 bits per heavy atom. The van der Waals surface area contributed by atoms with Crippen molar-refractivity contribution in [3.8, 4) is 0 Å². The number of rotatable bonds is 4. The Labute approximate surface area is 126 Å². The molecule has 20 heavy (non-hydrogen) atoms. The molecule has 1 N–H and O–H groups in total. The van der Waals surface area contributed by atoms with Crippen LogP contribution in [0.15, 0.2) is 23.6 Å². The standard InChI is InChI=1S/C14H15ClN2O2S/c1-8(13-7-20-9(2)17-13)16-12-5-4-10(15)6-11(12)14(18)19-3/h4-8,16H,1-3H3. The van der Waals surface area contributed by atoms with E-state index in [0.29, 0.717) is 16.3 Å². The highest BCUT2D eigenvalue weighted by Crippen LogP contribution is 2.26. The predicted octanol–water partition coefficient (Wildman–Crippen LogP) is 4.06. The van der Waals surface area contributed by atoms with Crippen LogP contribution in [0.3, 0.4) is 0 Å². The molecule has 1 aromatic carbocycles. The number of hydrogen-bond donors (Lipinski definition) is 1. The molecule has 0 aliphatic carbocycles. The van der Waals surface area contributed by atoms with Crippen LogP contribution in [-0.2, 0) is 4.74 Å². The van der Waals surface area contributed by atoms with Gasteiger partial charge in [0.15, 0.2) is 0 Å². The Morgan fingerprint density at radius 3 is 2.85 bits per heavy atom. The minimum atomic E-state index is -0.420. The Bertz CT molecular complexity index is 627. The molecule has 0 aliphatic heterocycles. The van der Waals surface area contributed by atoms with E-state index in [1.165, 1.54) is 7.11 Å². The van der Waals surface area contributed by atoms with Crippen LogP contribution in [0.5, 0.6) is 0 Å². The molecule has 0 saturated heterocycles. The molecule has 0 fully saturated rings. The number of benzene rings is 1. The van der Waals surface area contributed by atoms with Gasteiger partial charge in [-0.15, -0.1) is 11.3 Å². The maximum atomic E-state index is 11.8. The van der Waals surface area contributed by atoms with Gasteiger partial charge in [0.2, 0.25) is 0 Å². The van der Waals surface area contributed by atoms with Crippen LogP contribution in [0.2, 0.25) is 5.02 Å². The van der Waals surface area contributed by atoms with Gasteiger partial charge in [-0.3, -0.25) is 0 Å². The zero-order valence-electron chi connectivity index (χ0n) is 11.4. The van der Waals surface area contributed by atoms with E-state index >= 15 is 0 Å². The molecule has 0 spiro atoms. The van der Waals surface area contributed by atoms with Crippen LogP contribution in [0.25, 0.3) is 0 Å². The smallest absolute Gasteiger partial charge is 0.340 e. The third-order valence-corrected chi connectivity index (χ3v) is 3.87. The fourth-order valence-electron chi connectivity index (χ4n) is 1.81. The van der Waals surface area contributed by atoms with E-state index in [9.17, 15) is 4.79 Å². The highest BCUT2D eigenvalue weighted by Gasteiger charge is 2.16. The molecule has 0 aliphatic rings. The number of aryl methyl sites for hydroxylation is 1. The SMILES string of the molecule is COC(=O)c1cc(Cl)ccc1NC(C)c1csc(C)n1. The average molecular weight is 311 g/mol. The molecule has 1 aromatic heterocycles. The number of nitrogens with one attached hydrogen (secondary N) is 1. The molecule has 2 aromatic rings.